The van der Waals surface area contributed by atoms with E-state index in [0.717, 1.165) is 30.2 Å². The number of carbonyl (C=O) groups is 2. The Morgan fingerprint density at radius 1 is 1.39 bits per heavy atom. The minimum Gasteiger partial charge on any atom is -0.342 e. The van der Waals surface area contributed by atoms with Crippen LogP contribution < -0.4 is 4.90 Å². The largest absolute Gasteiger partial charge is 0.342 e. The lowest BCUT2D eigenvalue weighted by molar-refractivity contribution is -0.132. The summed E-state index contributed by atoms with van der Waals surface area (Å²) in [5.74, 6) is 0.852. The Morgan fingerprint density at radius 2 is 2.17 bits per heavy atom. The third-order valence-electron chi connectivity index (χ3n) is 5.13. The van der Waals surface area contributed by atoms with E-state index in [4.69, 9.17) is 0 Å². The summed E-state index contributed by atoms with van der Waals surface area (Å²) in [6.45, 7) is 2.99. The number of rotatable bonds is 4. The molecule has 3 rings (SSSR count). The van der Waals surface area contributed by atoms with Gasteiger partial charge in [0.25, 0.3) is 0 Å². The first-order valence-electron chi connectivity index (χ1n) is 8.56. The highest BCUT2D eigenvalue weighted by atomic mass is 32.1. The molecule has 2 atom stereocenters. The summed E-state index contributed by atoms with van der Waals surface area (Å²) in [6, 6.07) is 0.356. The van der Waals surface area contributed by atoms with Crippen molar-refractivity contribution in [3.63, 3.8) is 0 Å². The van der Waals surface area contributed by atoms with Gasteiger partial charge in [0, 0.05) is 31.4 Å². The summed E-state index contributed by atoms with van der Waals surface area (Å²) in [7, 11) is 1.92. The van der Waals surface area contributed by atoms with Crippen molar-refractivity contribution >= 4 is 28.3 Å². The van der Waals surface area contributed by atoms with E-state index < -0.39 is 0 Å². The first kappa shape index (κ1) is 16.4. The zero-order valence-corrected chi connectivity index (χ0v) is 14.8. The number of hydrogen-bond acceptors (Lipinski definition) is 4. The molecule has 2 fully saturated rings. The van der Waals surface area contributed by atoms with E-state index in [-0.39, 0.29) is 11.8 Å². The van der Waals surface area contributed by atoms with Gasteiger partial charge >= 0.3 is 0 Å². The van der Waals surface area contributed by atoms with Crippen molar-refractivity contribution in [3.8, 4) is 0 Å². The minimum atomic E-state index is 0.133. The molecule has 0 spiro atoms. The summed E-state index contributed by atoms with van der Waals surface area (Å²) in [6.07, 6.45) is 6.64. The smallest absolute Gasteiger partial charge is 0.228 e. The van der Waals surface area contributed by atoms with Gasteiger partial charge in [-0.3, -0.25) is 14.5 Å². The van der Waals surface area contributed by atoms with Crippen LogP contribution in [0.3, 0.4) is 0 Å². The predicted octanol–water partition coefficient (Wildman–Crippen LogP) is 2.85. The Morgan fingerprint density at radius 3 is 2.87 bits per heavy atom. The molecule has 2 unspecified atom stereocenters. The lowest BCUT2D eigenvalue weighted by atomic mass is 9.85. The normalized spacial score (nSPS) is 25.0. The Balaban J connectivity index is 1.61. The fraction of sp³-hybridized carbons (Fsp3) is 0.706. The Hall–Kier alpha value is -1.43. The molecule has 2 aliphatic rings. The second kappa shape index (κ2) is 6.99. The zero-order valence-electron chi connectivity index (χ0n) is 14.0. The van der Waals surface area contributed by atoms with Crippen LogP contribution in [-0.4, -0.2) is 41.3 Å². The molecule has 0 bridgehead atoms. The van der Waals surface area contributed by atoms with Crippen LogP contribution in [0.5, 0.6) is 0 Å². The number of thiazole rings is 1. The molecule has 6 heteroatoms. The maximum absolute atomic E-state index is 12.6. The van der Waals surface area contributed by atoms with Gasteiger partial charge in [0.05, 0.1) is 12.1 Å². The number of likely N-dealkylation sites (N-methyl/N-ethyl adjacent to an activating group) is 1. The number of carbonyl (C=O) groups excluding carboxylic acids is 2. The van der Waals surface area contributed by atoms with Crippen LogP contribution in [0.15, 0.2) is 5.38 Å². The average molecular weight is 335 g/mol. The van der Waals surface area contributed by atoms with E-state index in [1.165, 1.54) is 30.6 Å². The molecule has 23 heavy (non-hydrogen) atoms. The minimum absolute atomic E-state index is 0.133. The monoisotopic (exact) mass is 335 g/mol. The van der Waals surface area contributed by atoms with Gasteiger partial charge in [-0.15, -0.1) is 11.3 Å². The molecular formula is C17H25N3O2S. The summed E-state index contributed by atoms with van der Waals surface area (Å²) < 4.78 is 0. The molecule has 0 radical (unpaired) electrons. The molecule has 2 heterocycles. The van der Waals surface area contributed by atoms with Crippen LogP contribution in [0, 0.1) is 5.92 Å². The van der Waals surface area contributed by atoms with Crippen molar-refractivity contribution in [2.24, 2.45) is 5.92 Å². The van der Waals surface area contributed by atoms with E-state index in [2.05, 4.69) is 11.9 Å². The highest BCUT2D eigenvalue weighted by molar-refractivity contribution is 7.14. The molecule has 1 aliphatic carbocycles. The fourth-order valence-corrected chi connectivity index (χ4v) is 4.56. The number of anilines is 1. The van der Waals surface area contributed by atoms with Crippen LogP contribution >= 0.6 is 11.3 Å². The predicted molar refractivity (Wildman–Crippen MR) is 91.6 cm³/mol. The SMILES string of the molecule is CC1CCCCC1N(C)C(=O)Cc1csc(N2CCCC2=O)n1. The number of hydrogen-bond donors (Lipinski definition) is 0. The topological polar surface area (TPSA) is 53.5 Å². The van der Waals surface area contributed by atoms with Crippen LogP contribution in [0.2, 0.25) is 0 Å². The van der Waals surface area contributed by atoms with Gasteiger partial charge in [0.1, 0.15) is 0 Å². The van der Waals surface area contributed by atoms with Crippen LogP contribution in [0.1, 0.15) is 51.1 Å². The Kier molecular flexibility index (Phi) is 4.99. The molecule has 0 N–H and O–H groups in total. The van der Waals surface area contributed by atoms with Crippen LogP contribution in [-0.2, 0) is 16.0 Å². The summed E-state index contributed by atoms with van der Waals surface area (Å²) in [5, 5.41) is 2.65. The average Bonchev–Trinajstić information content (AvgIpc) is 3.15. The number of amides is 2. The van der Waals surface area contributed by atoms with Gasteiger partial charge in [-0.25, -0.2) is 4.98 Å². The van der Waals surface area contributed by atoms with Crippen molar-refractivity contribution in [2.75, 3.05) is 18.5 Å². The summed E-state index contributed by atoms with van der Waals surface area (Å²) in [4.78, 5) is 32.5. The molecule has 1 aliphatic heterocycles. The van der Waals surface area contributed by atoms with Crippen molar-refractivity contribution in [1.29, 1.82) is 0 Å². The summed E-state index contributed by atoms with van der Waals surface area (Å²) >= 11 is 1.46. The first-order valence-corrected chi connectivity index (χ1v) is 9.44. The number of nitrogens with zero attached hydrogens (tertiary/aromatic N) is 3. The van der Waals surface area contributed by atoms with Gasteiger partial charge in [0.2, 0.25) is 11.8 Å². The van der Waals surface area contributed by atoms with E-state index >= 15 is 0 Å². The lowest BCUT2D eigenvalue weighted by Crippen LogP contribution is -2.43. The highest BCUT2D eigenvalue weighted by Crippen LogP contribution is 2.29. The standard InChI is InChI=1S/C17H25N3O2S/c1-12-6-3-4-7-14(12)19(2)16(22)10-13-11-23-17(18-13)20-9-5-8-15(20)21/h11-12,14H,3-10H2,1-2H3. The Labute approximate surface area is 141 Å². The molecule has 1 aromatic heterocycles. The van der Waals surface area contributed by atoms with Crippen molar-refractivity contribution < 1.29 is 9.59 Å². The Bertz CT molecular complexity index is 586. The third-order valence-corrected chi connectivity index (χ3v) is 6.05. The van der Waals surface area contributed by atoms with Crippen LogP contribution in [0.4, 0.5) is 5.13 Å². The highest BCUT2D eigenvalue weighted by Gasteiger charge is 2.29. The molecule has 5 nitrogen and oxygen atoms in total. The molecule has 1 aromatic rings. The van der Waals surface area contributed by atoms with Crippen LogP contribution in [0.25, 0.3) is 0 Å². The maximum atomic E-state index is 12.6. The maximum Gasteiger partial charge on any atom is 0.228 e. The van der Waals surface area contributed by atoms with Gasteiger partial charge in [0.15, 0.2) is 5.13 Å². The second-order valence-electron chi connectivity index (χ2n) is 6.78. The van der Waals surface area contributed by atoms with E-state index in [1.54, 1.807) is 4.90 Å². The van der Waals surface area contributed by atoms with Crippen molar-refractivity contribution in [3.05, 3.63) is 11.1 Å². The molecule has 126 valence electrons. The molecule has 0 aromatic carbocycles. The number of aromatic nitrogens is 1. The summed E-state index contributed by atoms with van der Waals surface area (Å²) in [5.41, 5.74) is 0.782. The van der Waals surface area contributed by atoms with Gasteiger partial charge in [-0.2, -0.15) is 0 Å². The molecular weight excluding hydrogens is 310 g/mol. The molecule has 1 saturated carbocycles. The quantitative estimate of drug-likeness (QED) is 0.850. The second-order valence-corrected chi connectivity index (χ2v) is 7.62. The first-order chi connectivity index (χ1) is 11.1. The molecule has 1 saturated heterocycles. The van der Waals surface area contributed by atoms with Gasteiger partial charge in [-0.1, -0.05) is 19.8 Å². The van der Waals surface area contributed by atoms with Crippen molar-refractivity contribution in [1.82, 2.24) is 9.88 Å². The zero-order chi connectivity index (χ0) is 16.4. The van der Waals surface area contributed by atoms with Gasteiger partial charge < -0.3 is 4.90 Å². The molecule has 2 amide bonds. The van der Waals surface area contributed by atoms with E-state index in [1.807, 2.05) is 17.3 Å². The lowest BCUT2D eigenvalue weighted by Gasteiger charge is -2.36. The van der Waals surface area contributed by atoms with E-state index in [9.17, 15) is 9.59 Å². The van der Waals surface area contributed by atoms with Gasteiger partial charge in [-0.05, 0) is 25.2 Å². The third kappa shape index (κ3) is 3.57. The fourth-order valence-electron chi connectivity index (χ4n) is 3.69. The van der Waals surface area contributed by atoms with E-state index in [0.29, 0.717) is 24.8 Å². The van der Waals surface area contributed by atoms with Crippen molar-refractivity contribution in [2.45, 2.75) is 57.9 Å².